The molecule has 2 rings (SSSR count). The standard InChI is InChI=1S/C14H18N4O3/c1-8(19)16-5-4-11(20)14(21)12-9(15)2-3-10-13(12)18-7-6-17-10/h2-3,6-7,11,14,20-21H,4-5,15H2,1H3,(H,16,19). The Morgan fingerprint density at radius 2 is 2.05 bits per heavy atom. The molecule has 0 aliphatic heterocycles. The second kappa shape index (κ2) is 6.47. The number of hydrogen-bond acceptors (Lipinski definition) is 6. The van der Waals surface area contributed by atoms with Crippen molar-refractivity contribution in [1.29, 1.82) is 0 Å². The summed E-state index contributed by atoms with van der Waals surface area (Å²) in [5, 5.41) is 23.0. The van der Waals surface area contributed by atoms with Gasteiger partial charge in [-0.15, -0.1) is 0 Å². The molecular weight excluding hydrogens is 272 g/mol. The Bertz CT molecular complexity index is 647. The van der Waals surface area contributed by atoms with Crippen molar-refractivity contribution in [2.45, 2.75) is 25.6 Å². The molecule has 7 heteroatoms. The number of nitrogens with one attached hydrogen (secondary N) is 1. The van der Waals surface area contributed by atoms with E-state index in [0.29, 0.717) is 22.3 Å². The van der Waals surface area contributed by atoms with Crippen molar-refractivity contribution in [3.8, 4) is 0 Å². The Hall–Kier alpha value is -2.25. The summed E-state index contributed by atoms with van der Waals surface area (Å²) in [5.41, 5.74) is 7.65. The number of fused-ring (bicyclic) bond motifs is 1. The zero-order valence-corrected chi connectivity index (χ0v) is 11.7. The Labute approximate surface area is 121 Å². The van der Waals surface area contributed by atoms with Crippen LogP contribution in [-0.4, -0.2) is 38.7 Å². The number of rotatable bonds is 5. The van der Waals surface area contributed by atoms with Crippen LogP contribution in [0.2, 0.25) is 0 Å². The van der Waals surface area contributed by atoms with Crippen LogP contribution in [0.4, 0.5) is 5.69 Å². The summed E-state index contributed by atoms with van der Waals surface area (Å²) >= 11 is 0. The van der Waals surface area contributed by atoms with Gasteiger partial charge in [0, 0.05) is 37.1 Å². The van der Waals surface area contributed by atoms with E-state index in [1.807, 2.05) is 0 Å². The van der Waals surface area contributed by atoms with Crippen LogP contribution in [0.3, 0.4) is 0 Å². The first kappa shape index (κ1) is 15.1. The average Bonchev–Trinajstić information content (AvgIpc) is 2.46. The maximum atomic E-state index is 10.8. The van der Waals surface area contributed by atoms with Gasteiger partial charge in [-0.05, 0) is 18.6 Å². The lowest BCUT2D eigenvalue weighted by molar-refractivity contribution is -0.119. The second-order valence-corrected chi connectivity index (χ2v) is 4.78. The first-order valence-electron chi connectivity index (χ1n) is 6.60. The van der Waals surface area contributed by atoms with Crippen molar-refractivity contribution in [2.75, 3.05) is 12.3 Å². The number of aliphatic hydroxyl groups is 2. The van der Waals surface area contributed by atoms with Crippen LogP contribution in [0, 0.1) is 0 Å². The minimum Gasteiger partial charge on any atom is -0.398 e. The minimum atomic E-state index is -1.20. The lowest BCUT2D eigenvalue weighted by Crippen LogP contribution is -2.28. The fourth-order valence-corrected chi connectivity index (χ4v) is 2.13. The number of aromatic nitrogens is 2. The third-order valence-electron chi connectivity index (χ3n) is 3.19. The van der Waals surface area contributed by atoms with Crippen molar-refractivity contribution in [2.24, 2.45) is 0 Å². The molecule has 1 heterocycles. The van der Waals surface area contributed by atoms with E-state index in [1.54, 1.807) is 18.3 Å². The van der Waals surface area contributed by atoms with Crippen molar-refractivity contribution < 1.29 is 15.0 Å². The third kappa shape index (κ3) is 3.45. The predicted molar refractivity (Wildman–Crippen MR) is 78.2 cm³/mol. The summed E-state index contributed by atoms with van der Waals surface area (Å²) in [6.07, 6.45) is 0.992. The van der Waals surface area contributed by atoms with Crippen LogP contribution in [0.15, 0.2) is 24.5 Å². The summed E-state index contributed by atoms with van der Waals surface area (Å²) in [4.78, 5) is 19.1. The molecule has 2 unspecified atom stereocenters. The minimum absolute atomic E-state index is 0.188. The number of carbonyl (C=O) groups is 1. The fourth-order valence-electron chi connectivity index (χ4n) is 2.13. The SMILES string of the molecule is CC(=O)NCCC(O)C(O)c1c(N)ccc2nccnc12. The number of nitrogen functional groups attached to an aromatic ring is 1. The number of anilines is 1. The number of amides is 1. The maximum absolute atomic E-state index is 10.8. The van der Waals surface area contributed by atoms with Crippen molar-refractivity contribution in [3.63, 3.8) is 0 Å². The van der Waals surface area contributed by atoms with Crippen LogP contribution in [0.25, 0.3) is 11.0 Å². The normalized spacial score (nSPS) is 13.9. The van der Waals surface area contributed by atoms with Gasteiger partial charge >= 0.3 is 0 Å². The van der Waals surface area contributed by atoms with E-state index in [1.165, 1.54) is 13.1 Å². The summed E-state index contributed by atoms with van der Waals surface area (Å²) in [7, 11) is 0. The summed E-state index contributed by atoms with van der Waals surface area (Å²) in [6.45, 7) is 1.66. The molecule has 2 aromatic rings. The van der Waals surface area contributed by atoms with Gasteiger partial charge in [-0.25, -0.2) is 0 Å². The van der Waals surface area contributed by atoms with Crippen molar-refractivity contribution in [3.05, 3.63) is 30.1 Å². The number of aliphatic hydroxyl groups excluding tert-OH is 2. The largest absolute Gasteiger partial charge is 0.398 e. The molecule has 0 bridgehead atoms. The van der Waals surface area contributed by atoms with Gasteiger partial charge < -0.3 is 21.3 Å². The number of carbonyl (C=O) groups excluding carboxylic acids is 1. The zero-order valence-electron chi connectivity index (χ0n) is 11.7. The van der Waals surface area contributed by atoms with Crippen LogP contribution < -0.4 is 11.1 Å². The Morgan fingerprint density at radius 3 is 2.76 bits per heavy atom. The average molecular weight is 290 g/mol. The molecule has 112 valence electrons. The van der Waals surface area contributed by atoms with Crippen LogP contribution in [0.5, 0.6) is 0 Å². The van der Waals surface area contributed by atoms with Crippen LogP contribution in [0.1, 0.15) is 25.0 Å². The van der Waals surface area contributed by atoms with E-state index < -0.39 is 12.2 Å². The first-order valence-corrected chi connectivity index (χ1v) is 6.60. The number of benzene rings is 1. The van der Waals surface area contributed by atoms with Gasteiger partial charge in [0.05, 0.1) is 17.1 Å². The van der Waals surface area contributed by atoms with Crippen molar-refractivity contribution >= 4 is 22.6 Å². The highest BCUT2D eigenvalue weighted by atomic mass is 16.3. The molecule has 0 aliphatic carbocycles. The van der Waals surface area contributed by atoms with Gasteiger partial charge in [0.15, 0.2) is 0 Å². The highest BCUT2D eigenvalue weighted by Gasteiger charge is 2.23. The third-order valence-corrected chi connectivity index (χ3v) is 3.19. The molecule has 21 heavy (non-hydrogen) atoms. The quantitative estimate of drug-likeness (QED) is 0.581. The van der Waals surface area contributed by atoms with Crippen LogP contribution in [-0.2, 0) is 4.79 Å². The number of nitrogens with two attached hydrogens (primary N) is 1. The molecule has 0 spiro atoms. The molecule has 7 nitrogen and oxygen atoms in total. The lowest BCUT2D eigenvalue weighted by atomic mass is 9.98. The van der Waals surface area contributed by atoms with E-state index in [-0.39, 0.29) is 18.9 Å². The van der Waals surface area contributed by atoms with Gasteiger partial charge in [0.1, 0.15) is 6.10 Å². The lowest BCUT2D eigenvalue weighted by Gasteiger charge is -2.20. The van der Waals surface area contributed by atoms with Gasteiger partial charge in [-0.3, -0.25) is 14.8 Å². The Kier molecular flexibility index (Phi) is 4.66. The molecule has 0 aliphatic rings. The van der Waals surface area contributed by atoms with Gasteiger partial charge in [-0.2, -0.15) is 0 Å². The molecule has 2 atom stereocenters. The first-order chi connectivity index (χ1) is 10.0. The summed E-state index contributed by atoms with van der Waals surface area (Å²) < 4.78 is 0. The molecular formula is C14H18N4O3. The molecule has 1 aromatic heterocycles. The highest BCUT2D eigenvalue weighted by Crippen LogP contribution is 2.30. The number of nitrogens with zero attached hydrogens (tertiary/aromatic N) is 2. The topological polar surface area (TPSA) is 121 Å². The molecule has 0 fully saturated rings. The van der Waals surface area contributed by atoms with E-state index in [4.69, 9.17) is 5.73 Å². The van der Waals surface area contributed by atoms with E-state index in [0.717, 1.165) is 0 Å². The van der Waals surface area contributed by atoms with Crippen LogP contribution >= 0.6 is 0 Å². The van der Waals surface area contributed by atoms with Crippen molar-refractivity contribution in [1.82, 2.24) is 15.3 Å². The molecule has 0 saturated carbocycles. The summed E-state index contributed by atoms with van der Waals surface area (Å²) in [5.74, 6) is -0.188. The predicted octanol–water partition coefficient (Wildman–Crippen LogP) is 0.132. The highest BCUT2D eigenvalue weighted by molar-refractivity contribution is 5.83. The Morgan fingerprint density at radius 1 is 1.33 bits per heavy atom. The van der Waals surface area contributed by atoms with E-state index in [2.05, 4.69) is 15.3 Å². The summed E-state index contributed by atoms with van der Waals surface area (Å²) in [6, 6.07) is 3.33. The maximum Gasteiger partial charge on any atom is 0.216 e. The zero-order chi connectivity index (χ0) is 15.4. The van der Waals surface area contributed by atoms with E-state index in [9.17, 15) is 15.0 Å². The molecule has 0 radical (unpaired) electrons. The van der Waals surface area contributed by atoms with Gasteiger partial charge in [0.2, 0.25) is 5.91 Å². The smallest absolute Gasteiger partial charge is 0.216 e. The molecule has 1 amide bonds. The Balaban J connectivity index is 2.24. The monoisotopic (exact) mass is 290 g/mol. The second-order valence-electron chi connectivity index (χ2n) is 4.78. The van der Waals surface area contributed by atoms with Gasteiger partial charge in [0.25, 0.3) is 0 Å². The van der Waals surface area contributed by atoms with Gasteiger partial charge in [-0.1, -0.05) is 0 Å². The number of hydrogen-bond donors (Lipinski definition) is 4. The van der Waals surface area contributed by atoms with E-state index >= 15 is 0 Å². The molecule has 1 aromatic carbocycles. The molecule has 5 N–H and O–H groups in total. The molecule has 0 saturated heterocycles. The fraction of sp³-hybridized carbons (Fsp3) is 0.357.